The second-order valence-electron chi connectivity index (χ2n) is 8.41. The zero-order valence-electron chi connectivity index (χ0n) is 21.5. The van der Waals surface area contributed by atoms with Crippen LogP contribution in [-0.4, -0.2) is 45.9 Å². The number of rotatable bonds is 10. The number of aromatic nitrogens is 3. The van der Waals surface area contributed by atoms with Crippen LogP contribution in [0.2, 0.25) is 0 Å². The van der Waals surface area contributed by atoms with Crippen LogP contribution in [0.3, 0.4) is 0 Å². The van der Waals surface area contributed by atoms with Gasteiger partial charge in [-0.1, -0.05) is 5.16 Å². The number of ether oxygens (including phenoxy) is 3. The van der Waals surface area contributed by atoms with Crippen molar-refractivity contribution < 1.29 is 33.4 Å². The maximum absolute atomic E-state index is 12.8. The fraction of sp³-hybridized carbons (Fsp3) is 0.240. The van der Waals surface area contributed by atoms with Gasteiger partial charge in [-0.05, 0) is 50.1 Å². The van der Waals surface area contributed by atoms with Crippen LogP contribution in [0.15, 0.2) is 47.2 Å². The number of carboxylic acids is 1. The number of hydrogen-bond donors (Lipinski definition) is 3. The highest BCUT2D eigenvalue weighted by Crippen LogP contribution is 2.36. The lowest BCUT2D eigenvalue weighted by atomic mass is 10.2. The number of hydrazine groups is 2. The Morgan fingerprint density at radius 3 is 2.51 bits per heavy atom. The zero-order valence-corrected chi connectivity index (χ0v) is 21.5. The van der Waals surface area contributed by atoms with Crippen LogP contribution in [0.5, 0.6) is 23.1 Å². The molecule has 0 spiro atoms. The number of aryl methyl sites for hydroxylation is 2. The van der Waals surface area contributed by atoms with Gasteiger partial charge in [0.25, 0.3) is 0 Å². The molecule has 14 heteroatoms. The minimum Gasteiger partial charge on any atom is -0.493 e. The predicted molar refractivity (Wildman–Crippen MR) is 140 cm³/mol. The Balaban J connectivity index is 1.53. The average Bonchev–Trinajstić information content (AvgIpc) is 3.35. The summed E-state index contributed by atoms with van der Waals surface area (Å²) in [6.45, 7) is 3.63. The number of benzene rings is 2. The Morgan fingerprint density at radius 1 is 1.05 bits per heavy atom. The molecule has 4 rings (SSSR count). The van der Waals surface area contributed by atoms with E-state index < -0.39 is 12.0 Å². The van der Waals surface area contributed by atoms with Crippen molar-refractivity contribution in [1.82, 2.24) is 15.1 Å². The normalized spacial score (nSPS) is 10.8. The molecule has 0 aliphatic rings. The number of anilines is 2. The molecule has 0 unspecified atom stereocenters. The summed E-state index contributed by atoms with van der Waals surface area (Å²) in [6, 6.07) is 9.05. The first-order valence-electron chi connectivity index (χ1n) is 11.7. The molecule has 0 atom stereocenters. The summed E-state index contributed by atoms with van der Waals surface area (Å²) in [5.41, 5.74) is 1.55. The van der Waals surface area contributed by atoms with Gasteiger partial charge in [0.2, 0.25) is 5.88 Å². The standard InChI is InChI=1S/C25H27N7O7/c1-14-9-16(6-7-19(14)31(26)25(35)32(27)22-10-15(2)39-30-22)38-24-17-11-20(36-3)21(12-18(17)28-13-29-24)37-8-4-5-23(33)34/h6-7,9-13H,4-5,8,26-27H2,1-3H3,(H,33,34). The number of methoxy groups -OCH3 is 1. The summed E-state index contributed by atoms with van der Waals surface area (Å²) in [4.78, 5) is 32.0. The van der Waals surface area contributed by atoms with Gasteiger partial charge in [0.1, 0.15) is 17.8 Å². The molecule has 0 bridgehead atoms. The first-order chi connectivity index (χ1) is 18.7. The third-order valence-corrected chi connectivity index (χ3v) is 5.59. The van der Waals surface area contributed by atoms with E-state index in [1.54, 1.807) is 44.2 Å². The van der Waals surface area contributed by atoms with Gasteiger partial charge in [-0.2, -0.15) is 0 Å². The summed E-state index contributed by atoms with van der Waals surface area (Å²) in [5.74, 6) is 13.2. The summed E-state index contributed by atoms with van der Waals surface area (Å²) in [7, 11) is 1.49. The van der Waals surface area contributed by atoms with Crippen molar-refractivity contribution >= 4 is 34.4 Å². The van der Waals surface area contributed by atoms with E-state index in [1.807, 2.05) is 0 Å². The number of aliphatic carboxylic acids is 1. The van der Waals surface area contributed by atoms with Gasteiger partial charge in [0.05, 0.1) is 30.3 Å². The third-order valence-electron chi connectivity index (χ3n) is 5.59. The van der Waals surface area contributed by atoms with E-state index in [4.69, 9.17) is 35.5 Å². The van der Waals surface area contributed by atoms with Crippen molar-refractivity contribution in [2.24, 2.45) is 11.7 Å². The quantitative estimate of drug-likeness (QED) is 0.116. The molecular weight excluding hydrogens is 510 g/mol. The molecule has 0 radical (unpaired) electrons. The van der Waals surface area contributed by atoms with Gasteiger partial charge >= 0.3 is 12.0 Å². The lowest BCUT2D eigenvalue weighted by Crippen LogP contribution is -2.51. The molecule has 0 saturated heterocycles. The fourth-order valence-corrected chi connectivity index (χ4v) is 3.66. The summed E-state index contributed by atoms with van der Waals surface area (Å²) >= 11 is 0. The van der Waals surface area contributed by atoms with Gasteiger partial charge in [-0.15, -0.1) is 0 Å². The lowest BCUT2D eigenvalue weighted by Gasteiger charge is -2.23. The number of urea groups is 1. The molecule has 2 aromatic heterocycles. The molecule has 2 heterocycles. The van der Waals surface area contributed by atoms with E-state index in [2.05, 4.69) is 15.1 Å². The van der Waals surface area contributed by atoms with Gasteiger partial charge in [0, 0.05) is 18.6 Å². The smallest absolute Gasteiger partial charge is 0.359 e. The molecule has 0 aliphatic carbocycles. The van der Waals surface area contributed by atoms with Crippen molar-refractivity contribution in [1.29, 1.82) is 0 Å². The van der Waals surface area contributed by atoms with Gasteiger partial charge in [-0.25, -0.2) is 36.5 Å². The van der Waals surface area contributed by atoms with Crippen LogP contribution >= 0.6 is 0 Å². The Hall–Kier alpha value is -4.95. The highest BCUT2D eigenvalue weighted by Gasteiger charge is 2.23. The highest BCUT2D eigenvalue weighted by molar-refractivity contribution is 6.01. The first kappa shape index (κ1) is 27.1. The summed E-state index contributed by atoms with van der Waals surface area (Å²) in [6.07, 6.45) is 1.69. The van der Waals surface area contributed by atoms with Gasteiger partial charge in [-0.3, -0.25) is 4.79 Å². The number of fused-ring (bicyclic) bond motifs is 1. The zero-order chi connectivity index (χ0) is 28.1. The van der Waals surface area contributed by atoms with Gasteiger partial charge < -0.3 is 23.8 Å². The van der Waals surface area contributed by atoms with E-state index in [9.17, 15) is 9.59 Å². The van der Waals surface area contributed by atoms with Crippen LogP contribution in [-0.2, 0) is 4.79 Å². The second kappa shape index (κ2) is 11.6. The Kier molecular flexibility index (Phi) is 8.07. The molecule has 2 amide bonds. The Labute approximate surface area is 222 Å². The number of nitrogens with zero attached hydrogens (tertiary/aromatic N) is 5. The third kappa shape index (κ3) is 6.14. The lowest BCUT2D eigenvalue weighted by molar-refractivity contribution is -0.137. The number of carboxylic acid groups (broad SMARTS) is 1. The second-order valence-corrected chi connectivity index (χ2v) is 8.41. The van der Waals surface area contributed by atoms with Crippen molar-refractivity contribution in [2.75, 3.05) is 23.7 Å². The van der Waals surface area contributed by atoms with Gasteiger partial charge in [0.15, 0.2) is 17.3 Å². The number of nitrogens with two attached hydrogens (primary N) is 2. The first-order valence-corrected chi connectivity index (χ1v) is 11.7. The van der Waals surface area contributed by atoms with Crippen molar-refractivity contribution in [3.8, 4) is 23.1 Å². The van der Waals surface area contributed by atoms with Crippen LogP contribution in [0, 0.1) is 13.8 Å². The average molecular weight is 538 g/mol. The summed E-state index contributed by atoms with van der Waals surface area (Å²) < 4.78 is 22.1. The maximum Gasteiger partial charge on any atom is 0.359 e. The van der Waals surface area contributed by atoms with E-state index >= 15 is 0 Å². The SMILES string of the molecule is COc1cc2c(Oc3ccc(N(N)C(=O)N(N)c4cc(C)on4)c(C)c3)ncnc2cc1OCCCC(=O)O. The topological polar surface area (TPSA) is 192 Å². The molecule has 0 saturated carbocycles. The Morgan fingerprint density at radius 2 is 1.85 bits per heavy atom. The van der Waals surface area contributed by atoms with E-state index in [0.717, 1.165) is 10.0 Å². The number of carbonyl (C=O) groups is 2. The van der Waals surface area contributed by atoms with E-state index in [1.165, 1.54) is 19.5 Å². The number of hydrogen-bond acceptors (Lipinski definition) is 11. The number of carbonyl (C=O) groups excluding carboxylic acids is 1. The van der Waals surface area contributed by atoms with Crippen LogP contribution in [0.25, 0.3) is 10.9 Å². The van der Waals surface area contributed by atoms with Crippen molar-refractivity contribution in [3.05, 3.63) is 54.0 Å². The van der Waals surface area contributed by atoms with Crippen LogP contribution < -0.4 is 35.9 Å². The minimum absolute atomic E-state index is 0.00386. The summed E-state index contributed by atoms with van der Waals surface area (Å²) in [5, 5.41) is 14.8. The molecule has 5 N–H and O–H groups in total. The molecule has 4 aromatic rings. The molecule has 0 aliphatic heterocycles. The molecule has 0 fully saturated rings. The molecular formula is C25H27N7O7. The number of amides is 2. The van der Waals surface area contributed by atoms with Crippen LogP contribution in [0.1, 0.15) is 24.2 Å². The highest BCUT2D eigenvalue weighted by atomic mass is 16.5. The molecule has 2 aromatic carbocycles. The molecule has 39 heavy (non-hydrogen) atoms. The Bertz CT molecular complexity index is 1510. The monoisotopic (exact) mass is 537 g/mol. The molecule has 204 valence electrons. The van der Waals surface area contributed by atoms with Crippen molar-refractivity contribution in [3.63, 3.8) is 0 Å². The maximum atomic E-state index is 12.8. The molecule has 14 nitrogen and oxygen atoms in total. The van der Waals surface area contributed by atoms with E-state index in [-0.39, 0.29) is 24.7 Å². The predicted octanol–water partition coefficient (Wildman–Crippen LogP) is 3.46. The van der Waals surface area contributed by atoms with Crippen molar-refractivity contribution in [2.45, 2.75) is 26.7 Å². The minimum atomic E-state index is -0.893. The van der Waals surface area contributed by atoms with E-state index in [0.29, 0.717) is 51.6 Å². The van der Waals surface area contributed by atoms with Crippen LogP contribution in [0.4, 0.5) is 16.3 Å². The largest absolute Gasteiger partial charge is 0.493 e. The fourth-order valence-electron chi connectivity index (χ4n) is 3.66.